The third-order valence-electron chi connectivity index (χ3n) is 5.08. The van der Waals surface area contributed by atoms with Gasteiger partial charge in [-0.15, -0.1) is 0 Å². The molecule has 0 saturated carbocycles. The third kappa shape index (κ3) is 5.38. The van der Waals surface area contributed by atoms with Crippen LogP contribution in [0.15, 0.2) is 47.4 Å². The lowest BCUT2D eigenvalue weighted by Gasteiger charge is -2.26. The molecule has 1 saturated heterocycles. The van der Waals surface area contributed by atoms with Crippen molar-refractivity contribution in [3.05, 3.63) is 59.2 Å². The number of hydrogen-bond donors (Lipinski definition) is 1. The van der Waals surface area contributed by atoms with E-state index < -0.39 is 10.0 Å². The van der Waals surface area contributed by atoms with Gasteiger partial charge in [-0.1, -0.05) is 6.07 Å². The Morgan fingerprint density at radius 1 is 1.10 bits per heavy atom. The SMILES string of the molecule is Cc1ccc(OCC(C)NC(=O)c2ccc(S(=O)(=O)N3CCOCC3)cc2)cc1C. The smallest absolute Gasteiger partial charge is 0.251 e. The van der Waals surface area contributed by atoms with E-state index in [1.165, 1.54) is 34.1 Å². The number of nitrogens with zero attached hydrogens (tertiary/aromatic N) is 1. The van der Waals surface area contributed by atoms with Crippen molar-refractivity contribution in [2.45, 2.75) is 31.7 Å². The number of ether oxygens (including phenoxy) is 2. The number of rotatable bonds is 7. The summed E-state index contributed by atoms with van der Waals surface area (Å²) in [4.78, 5) is 12.7. The Labute approximate surface area is 178 Å². The van der Waals surface area contributed by atoms with Gasteiger partial charge in [0.25, 0.3) is 5.91 Å². The molecule has 0 bridgehead atoms. The second-order valence-corrected chi connectivity index (χ2v) is 9.41. The Balaban J connectivity index is 1.56. The molecule has 8 heteroatoms. The van der Waals surface area contributed by atoms with Gasteiger partial charge in [-0.25, -0.2) is 8.42 Å². The van der Waals surface area contributed by atoms with Crippen molar-refractivity contribution in [3.8, 4) is 5.75 Å². The minimum atomic E-state index is -3.57. The zero-order valence-corrected chi connectivity index (χ0v) is 18.4. The van der Waals surface area contributed by atoms with Crippen LogP contribution in [0.2, 0.25) is 0 Å². The van der Waals surface area contributed by atoms with E-state index in [0.717, 1.165) is 11.3 Å². The summed E-state index contributed by atoms with van der Waals surface area (Å²) < 4.78 is 37.7. The van der Waals surface area contributed by atoms with Crippen molar-refractivity contribution in [3.63, 3.8) is 0 Å². The first-order valence-electron chi connectivity index (χ1n) is 9.96. The Morgan fingerprint density at radius 3 is 2.40 bits per heavy atom. The molecule has 1 heterocycles. The summed E-state index contributed by atoms with van der Waals surface area (Å²) in [5, 5.41) is 2.87. The standard InChI is InChI=1S/C22H28N2O5S/c1-16-4-7-20(14-17(16)2)29-15-18(3)23-22(25)19-5-8-21(9-6-19)30(26,27)24-10-12-28-13-11-24/h4-9,14,18H,10-13,15H2,1-3H3,(H,23,25). The quantitative estimate of drug-likeness (QED) is 0.727. The average molecular weight is 433 g/mol. The van der Waals surface area contributed by atoms with Crippen LogP contribution in [0.25, 0.3) is 0 Å². The number of aryl methyl sites for hydroxylation is 2. The van der Waals surface area contributed by atoms with Crippen molar-refractivity contribution in [1.29, 1.82) is 0 Å². The highest BCUT2D eigenvalue weighted by Gasteiger charge is 2.26. The minimum absolute atomic E-state index is 0.173. The van der Waals surface area contributed by atoms with Crippen LogP contribution in [-0.4, -0.2) is 57.6 Å². The fourth-order valence-corrected chi connectivity index (χ4v) is 4.50. The van der Waals surface area contributed by atoms with Crippen molar-refractivity contribution in [2.75, 3.05) is 32.9 Å². The van der Waals surface area contributed by atoms with E-state index in [9.17, 15) is 13.2 Å². The molecular weight excluding hydrogens is 404 g/mol. The first-order chi connectivity index (χ1) is 14.3. The van der Waals surface area contributed by atoms with E-state index in [1.807, 2.05) is 39.0 Å². The van der Waals surface area contributed by atoms with Gasteiger partial charge in [0.1, 0.15) is 12.4 Å². The predicted octanol–water partition coefficient (Wildman–Crippen LogP) is 2.52. The van der Waals surface area contributed by atoms with Gasteiger partial charge >= 0.3 is 0 Å². The van der Waals surface area contributed by atoms with Gasteiger partial charge < -0.3 is 14.8 Å². The molecular formula is C22H28N2O5S. The molecule has 0 aliphatic carbocycles. The number of morpholine rings is 1. The fraction of sp³-hybridized carbons (Fsp3) is 0.409. The molecule has 162 valence electrons. The average Bonchev–Trinajstić information content (AvgIpc) is 2.75. The molecule has 1 fully saturated rings. The fourth-order valence-electron chi connectivity index (χ4n) is 3.09. The van der Waals surface area contributed by atoms with Gasteiger partial charge in [0.2, 0.25) is 10.0 Å². The molecule has 1 amide bonds. The summed E-state index contributed by atoms with van der Waals surface area (Å²) in [6.45, 7) is 7.71. The maximum Gasteiger partial charge on any atom is 0.251 e. The second kappa shape index (κ2) is 9.59. The van der Waals surface area contributed by atoms with Crippen LogP contribution < -0.4 is 10.1 Å². The normalized spacial score (nSPS) is 16.1. The van der Waals surface area contributed by atoms with Crippen LogP contribution in [-0.2, 0) is 14.8 Å². The molecule has 7 nitrogen and oxygen atoms in total. The van der Waals surface area contributed by atoms with E-state index in [4.69, 9.17) is 9.47 Å². The number of nitrogens with one attached hydrogen (secondary N) is 1. The Morgan fingerprint density at radius 2 is 1.77 bits per heavy atom. The zero-order valence-electron chi connectivity index (χ0n) is 17.6. The van der Waals surface area contributed by atoms with E-state index in [0.29, 0.717) is 38.5 Å². The van der Waals surface area contributed by atoms with Crippen LogP contribution in [0.3, 0.4) is 0 Å². The molecule has 0 spiro atoms. The number of benzene rings is 2. The second-order valence-electron chi connectivity index (χ2n) is 7.47. The molecule has 0 aromatic heterocycles. The van der Waals surface area contributed by atoms with Crippen molar-refractivity contribution in [1.82, 2.24) is 9.62 Å². The summed E-state index contributed by atoms with van der Waals surface area (Å²) in [7, 11) is -3.57. The summed E-state index contributed by atoms with van der Waals surface area (Å²) in [6, 6.07) is 11.7. The van der Waals surface area contributed by atoms with Gasteiger partial charge in [0.15, 0.2) is 0 Å². The van der Waals surface area contributed by atoms with E-state index in [1.54, 1.807) is 0 Å². The molecule has 3 rings (SSSR count). The zero-order chi connectivity index (χ0) is 21.7. The molecule has 1 aliphatic heterocycles. The summed E-state index contributed by atoms with van der Waals surface area (Å²) >= 11 is 0. The topological polar surface area (TPSA) is 84.9 Å². The molecule has 2 aromatic rings. The van der Waals surface area contributed by atoms with Crippen molar-refractivity contribution < 1.29 is 22.7 Å². The number of carbonyl (C=O) groups excluding carboxylic acids is 1. The molecule has 2 aromatic carbocycles. The number of amides is 1. The van der Waals surface area contributed by atoms with Crippen LogP contribution >= 0.6 is 0 Å². The maximum absolute atomic E-state index is 12.7. The van der Waals surface area contributed by atoms with E-state index in [2.05, 4.69) is 5.32 Å². The summed E-state index contributed by atoms with van der Waals surface area (Å²) in [5.74, 6) is 0.485. The number of hydrogen-bond acceptors (Lipinski definition) is 5. The monoisotopic (exact) mass is 432 g/mol. The lowest BCUT2D eigenvalue weighted by Crippen LogP contribution is -2.40. The predicted molar refractivity (Wildman–Crippen MR) is 114 cm³/mol. The van der Waals surface area contributed by atoms with Crippen LogP contribution in [0.5, 0.6) is 5.75 Å². The Bertz CT molecular complexity index is 983. The molecule has 30 heavy (non-hydrogen) atoms. The minimum Gasteiger partial charge on any atom is -0.491 e. The van der Waals surface area contributed by atoms with Crippen LogP contribution in [0.4, 0.5) is 0 Å². The van der Waals surface area contributed by atoms with Gasteiger partial charge in [-0.05, 0) is 68.3 Å². The Hall–Kier alpha value is -2.42. The highest BCUT2D eigenvalue weighted by Crippen LogP contribution is 2.18. The first-order valence-corrected chi connectivity index (χ1v) is 11.4. The molecule has 1 unspecified atom stereocenters. The van der Waals surface area contributed by atoms with Crippen LogP contribution in [0, 0.1) is 13.8 Å². The molecule has 0 radical (unpaired) electrons. The molecule has 1 N–H and O–H groups in total. The highest BCUT2D eigenvalue weighted by molar-refractivity contribution is 7.89. The molecule has 1 aliphatic rings. The maximum atomic E-state index is 12.7. The lowest BCUT2D eigenvalue weighted by molar-refractivity contribution is 0.0730. The summed E-state index contributed by atoms with van der Waals surface area (Å²) in [5.41, 5.74) is 2.74. The highest BCUT2D eigenvalue weighted by atomic mass is 32.2. The third-order valence-corrected chi connectivity index (χ3v) is 6.99. The Kier molecular flexibility index (Phi) is 7.12. The van der Waals surface area contributed by atoms with E-state index in [-0.39, 0.29) is 16.8 Å². The van der Waals surface area contributed by atoms with Gasteiger partial charge in [-0.3, -0.25) is 4.79 Å². The molecule has 1 atom stereocenters. The first kappa shape index (κ1) is 22.3. The van der Waals surface area contributed by atoms with Gasteiger partial charge in [0.05, 0.1) is 24.2 Å². The van der Waals surface area contributed by atoms with Crippen molar-refractivity contribution in [2.24, 2.45) is 0 Å². The number of carbonyl (C=O) groups is 1. The van der Waals surface area contributed by atoms with E-state index >= 15 is 0 Å². The van der Waals surface area contributed by atoms with Gasteiger partial charge in [-0.2, -0.15) is 4.31 Å². The van der Waals surface area contributed by atoms with Crippen molar-refractivity contribution >= 4 is 15.9 Å². The largest absolute Gasteiger partial charge is 0.491 e. The van der Waals surface area contributed by atoms with Crippen LogP contribution in [0.1, 0.15) is 28.4 Å². The lowest BCUT2D eigenvalue weighted by atomic mass is 10.1. The summed E-state index contributed by atoms with van der Waals surface area (Å²) in [6.07, 6.45) is 0. The van der Waals surface area contributed by atoms with Gasteiger partial charge in [0, 0.05) is 18.7 Å². The number of sulfonamides is 1.